The predicted octanol–water partition coefficient (Wildman–Crippen LogP) is 2.78. The molecule has 4 nitrogen and oxygen atoms in total. The van der Waals surface area contributed by atoms with E-state index in [4.69, 9.17) is 5.73 Å². The van der Waals surface area contributed by atoms with Crippen molar-refractivity contribution in [2.45, 2.75) is 11.3 Å². The van der Waals surface area contributed by atoms with Crippen LogP contribution in [-0.2, 0) is 16.4 Å². The summed E-state index contributed by atoms with van der Waals surface area (Å²) in [6.45, 7) is 0.424. The maximum Gasteiger partial charge on any atom is 0.265 e. The maximum absolute atomic E-state index is 12.8. The maximum atomic E-state index is 12.8. The van der Waals surface area contributed by atoms with Gasteiger partial charge in [0.2, 0.25) is 0 Å². The minimum absolute atomic E-state index is 0.273. The van der Waals surface area contributed by atoms with E-state index in [2.05, 4.69) is 15.9 Å². The van der Waals surface area contributed by atoms with Crippen LogP contribution < -0.4 is 10.0 Å². The van der Waals surface area contributed by atoms with Crippen molar-refractivity contribution in [3.63, 3.8) is 0 Å². The number of benzene rings is 2. The van der Waals surface area contributed by atoms with Crippen molar-refractivity contribution in [3.05, 3.63) is 52.5 Å². The molecule has 0 amide bonds. The average Bonchev–Trinajstić information content (AvgIpc) is 2.85. The summed E-state index contributed by atoms with van der Waals surface area (Å²) in [5.41, 5.74) is 8.15. The third-order valence-electron chi connectivity index (χ3n) is 3.43. The molecule has 0 saturated carbocycles. The molecule has 1 aliphatic heterocycles. The highest BCUT2D eigenvalue weighted by Crippen LogP contribution is 2.37. The number of hydrogen-bond donors (Lipinski definition) is 1. The summed E-state index contributed by atoms with van der Waals surface area (Å²) in [5, 5.41) is 0. The highest BCUT2D eigenvalue weighted by atomic mass is 79.9. The van der Waals surface area contributed by atoms with Crippen molar-refractivity contribution in [2.24, 2.45) is 0 Å². The normalized spacial score (nSPS) is 14.3. The van der Waals surface area contributed by atoms with Gasteiger partial charge in [-0.05, 0) is 46.6 Å². The van der Waals surface area contributed by atoms with Crippen molar-refractivity contribution in [1.82, 2.24) is 0 Å². The van der Waals surface area contributed by atoms with Crippen molar-refractivity contribution < 1.29 is 8.42 Å². The van der Waals surface area contributed by atoms with Crippen LogP contribution in [0.3, 0.4) is 0 Å². The Morgan fingerprint density at radius 3 is 2.60 bits per heavy atom. The topological polar surface area (TPSA) is 63.4 Å². The lowest BCUT2D eigenvalue weighted by molar-refractivity contribution is 0.592. The fraction of sp³-hybridized carbons (Fsp3) is 0.143. The summed E-state index contributed by atoms with van der Waals surface area (Å²) in [7, 11) is -3.57. The molecule has 3 rings (SSSR count). The zero-order valence-electron chi connectivity index (χ0n) is 10.6. The molecule has 2 aromatic carbocycles. The average molecular weight is 353 g/mol. The van der Waals surface area contributed by atoms with Gasteiger partial charge in [-0.1, -0.05) is 18.2 Å². The lowest BCUT2D eigenvalue weighted by Gasteiger charge is -2.20. The van der Waals surface area contributed by atoms with Gasteiger partial charge >= 0.3 is 0 Å². The highest BCUT2D eigenvalue weighted by Gasteiger charge is 2.32. The molecule has 1 aliphatic rings. The van der Waals surface area contributed by atoms with Crippen LogP contribution in [0.2, 0.25) is 0 Å². The first-order valence-electron chi connectivity index (χ1n) is 6.16. The van der Waals surface area contributed by atoms with Crippen molar-refractivity contribution in [1.29, 1.82) is 0 Å². The number of nitrogens with zero attached hydrogens (tertiary/aromatic N) is 1. The molecule has 0 aliphatic carbocycles. The van der Waals surface area contributed by atoms with Gasteiger partial charge in [0.1, 0.15) is 4.90 Å². The summed E-state index contributed by atoms with van der Waals surface area (Å²) in [4.78, 5) is 0.273. The Bertz CT molecular complexity index is 774. The molecule has 104 valence electrons. The molecule has 0 radical (unpaired) electrons. The smallest absolute Gasteiger partial charge is 0.265 e. The summed E-state index contributed by atoms with van der Waals surface area (Å²) in [5.74, 6) is 0. The Labute approximate surface area is 126 Å². The van der Waals surface area contributed by atoms with Gasteiger partial charge in [-0.25, -0.2) is 8.42 Å². The summed E-state index contributed by atoms with van der Waals surface area (Å²) in [6.07, 6.45) is 0.645. The fourth-order valence-electron chi connectivity index (χ4n) is 2.45. The first kappa shape index (κ1) is 13.5. The Morgan fingerprint density at radius 1 is 1.10 bits per heavy atom. The monoisotopic (exact) mass is 352 g/mol. The quantitative estimate of drug-likeness (QED) is 0.845. The Kier molecular flexibility index (Phi) is 3.22. The minimum Gasteiger partial charge on any atom is -0.398 e. The van der Waals surface area contributed by atoms with Gasteiger partial charge in [-0.2, -0.15) is 0 Å². The SMILES string of the molecule is Nc1cccc2c1CCN2S(=O)(=O)c1ccccc1Br. The Morgan fingerprint density at radius 2 is 1.85 bits per heavy atom. The van der Waals surface area contributed by atoms with Crippen LogP contribution >= 0.6 is 15.9 Å². The van der Waals surface area contributed by atoms with E-state index in [9.17, 15) is 8.42 Å². The highest BCUT2D eigenvalue weighted by molar-refractivity contribution is 9.10. The number of anilines is 2. The number of sulfonamides is 1. The van der Waals surface area contributed by atoms with E-state index >= 15 is 0 Å². The number of nitrogen functional groups attached to an aromatic ring is 1. The number of halogens is 1. The number of fused-ring (bicyclic) bond motifs is 1. The molecule has 0 atom stereocenters. The molecule has 0 aromatic heterocycles. The number of nitrogens with two attached hydrogens (primary N) is 1. The van der Waals surface area contributed by atoms with E-state index in [-0.39, 0.29) is 4.90 Å². The molecule has 20 heavy (non-hydrogen) atoms. The van der Waals surface area contributed by atoms with Crippen LogP contribution in [0.5, 0.6) is 0 Å². The van der Waals surface area contributed by atoms with E-state index in [0.29, 0.717) is 28.8 Å². The molecule has 0 bridgehead atoms. The first-order valence-corrected chi connectivity index (χ1v) is 8.40. The van der Waals surface area contributed by atoms with E-state index in [1.165, 1.54) is 4.31 Å². The minimum atomic E-state index is -3.57. The van der Waals surface area contributed by atoms with E-state index in [1.807, 2.05) is 0 Å². The van der Waals surface area contributed by atoms with Crippen molar-refractivity contribution in [2.75, 3.05) is 16.6 Å². The van der Waals surface area contributed by atoms with E-state index in [1.54, 1.807) is 42.5 Å². The molecule has 0 unspecified atom stereocenters. The van der Waals surface area contributed by atoms with E-state index in [0.717, 1.165) is 5.56 Å². The van der Waals surface area contributed by atoms with Gasteiger partial charge in [0.15, 0.2) is 0 Å². The lowest BCUT2D eigenvalue weighted by Crippen LogP contribution is -2.29. The zero-order chi connectivity index (χ0) is 14.3. The second-order valence-corrected chi connectivity index (χ2v) is 7.29. The molecular formula is C14H13BrN2O2S. The molecule has 1 heterocycles. The molecule has 6 heteroatoms. The summed E-state index contributed by atoms with van der Waals surface area (Å²) in [6, 6.07) is 12.2. The largest absolute Gasteiger partial charge is 0.398 e. The van der Waals surface area contributed by atoms with Gasteiger partial charge < -0.3 is 5.73 Å². The van der Waals surface area contributed by atoms with Crippen molar-refractivity contribution >= 4 is 37.3 Å². The summed E-state index contributed by atoms with van der Waals surface area (Å²) < 4.78 is 27.6. The fourth-order valence-corrected chi connectivity index (χ4v) is 4.92. The van der Waals surface area contributed by atoms with Gasteiger partial charge in [0.25, 0.3) is 10.0 Å². The van der Waals surface area contributed by atoms with Crippen LogP contribution in [0.15, 0.2) is 51.8 Å². The second kappa shape index (κ2) is 4.79. The third kappa shape index (κ3) is 1.99. The standard InChI is InChI=1S/C14H13BrN2O2S/c15-11-4-1-2-7-14(11)20(18,19)17-9-8-10-12(16)5-3-6-13(10)17/h1-7H,8-9,16H2. The van der Waals surface area contributed by atoms with E-state index < -0.39 is 10.0 Å². The number of hydrogen-bond acceptors (Lipinski definition) is 3. The first-order chi connectivity index (χ1) is 9.51. The van der Waals surface area contributed by atoms with Crippen LogP contribution in [0.4, 0.5) is 11.4 Å². The predicted molar refractivity (Wildman–Crippen MR) is 83.2 cm³/mol. The molecule has 2 N–H and O–H groups in total. The lowest BCUT2D eigenvalue weighted by atomic mass is 10.1. The Balaban J connectivity index is 2.13. The second-order valence-electron chi connectivity index (χ2n) is 4.60. The van der Waals surface area contributed by atoms with Crippen LogP contribution in [0, 0.1) is 0 Å². The van der Waals surface area contributed by atoms with Crippen molar-refractivity contribution in [3.8, 4) is 0 Å². The van der Waals surface area contributed by atoms with Gasteiger partial charge in [-0.3, -0.25) is 4.31 Å². The molecule has 0 spiro atoms. The zero-order valence-corrected chi connectivity index (χ0v) is 13.0. The van der Waals surface area contributed by atoms with Crippen LogP contribution in [-0.4, -0.2) is 15.0 Å². The van der Waals surface area contributed by atoms with Gasteiger partial charge in [0, 0.05) is 22.3 Å². The molecule has 0 fully saturated rings. The number of rotatable bonds is 2. The van der Waals surface area contributed by atoms with Gasteiger partial charge in [-0.15, -0.1) is 0 Å². The summed E-state index contributed by atoms with van der Waals surface area (Å²) >= 11 is 3.30. The molecule has 2 aromatic rings. The van der Waals surface area contributed by atoms with Crippen LogP contribution in [0.25, 0.3) is 0 Å². The molecular weight excluding hydrogens is 340 g/mol. The van der Waals surface area contributed by atoms with Gasteiger partial charge in [0.05, 0.1) is 5.69 Å². The Hall–Kier alpha value is -1.53. The third-order valence-corrected chi connectivity index (χ3v) is 6.25. The molecule has 0 saturated heterocycles. The van der Waals surface area contributed by atoms with Crippen LogP contribution in [0.1, 0.15) is 5.56 Å².